The number of hydrogen-bond donors (Lipinski definition) is 0. The normalized spacial score (nSPS) is 33.2. The maximum atomic E-state index is 2.42. The highest BCUT2D eigenvalue weighted by Crippen LogP contribution is 2.48. The van der Waals surface area contributed by atoms with Crippen LogP contribution >= 0.6 is 0 Å². The summed E-state index contributed by atoms with van der Waals surface area (Å²) in [6.07, 6.45) is 13.2. The van der Waals surface area contributed by atoms with Crippen molar-refractivity contribution >= 4 is 0 Å². The molecule has 1 fully saturated rings. The van der Waals surface area contributed by atoms with Gasteiger partial charge in [-0.1, -0.05) is 59.3 Å². The lowest BCUT2D eigenvalue weighted by molar-refractivity contribution is 0.0712. The Labute approximate surface area is 90.5 Å². The van der Waals surface area contributed by atoms with Crippen molar-refractivity contribution < 1.29 is 0 Å². The molecule has 0 heterocycles. The van der Waals surface area contributed by atoms with Gasteiger partial charge >= 0.3 is 0 Å². The molecule has 0 aromatic rings. The van der Waals surface area contributed by atoms with Crippen molar-refractivity contribution in [2.45, 2.75) is 78.6 Å². The minimum Gasteiger partial charge on any atom is -0.0654 e. The highest BCUT2D eigenvalue weighted by molar-refractivity contribution is 4.88. The Kier molecular flexibility index (Phi) is 4.98. The zero-order valence-electron chi connectivity index (χ0n) is 10.4. The second kappa shape index (κ2) is 5.78. The lowest BCUT2D eigenvalue weighted by atomic mass is 9.61. The molecule has 1 aliphatic carbocycles. The molecule has 14 heavy (non-hydrogen) atoms. The van der Waals surface area contributed by atoms with Crippen molar-refractivity contribution in [2.75, 3.05) is 0 Å². The molecular weight excluding hydrogens is 168 g/mol. The van der Waals surface area contributed by atoms with E-state index in [0.717, 1.165) is 11.3 Å². The van der Waals surface area contributed by atoms with Crippen molar-refractivity contribution in [1.29, 1.82) is 0 Å². The van der Waals surface area contributed by atoms with Gasteiger partial charge in [0.1, 0.15) is 0 Å². The van der Waals surface area contributed by atoms with Gasteiger partial charge in [-0.25, -0.2) is 0 Å². The fourth-order valence-electron chi connectivity index (χ4n) is 3.52. The van der Waals surface area contributed by atoms with Crippen LogP contribution in [0, 0.1) is 11.3 Å². The molecule has 0 spiro atoms. The second-order valence-electron chi connectivity index (χ2n) is 5.17. The molecule has 0 aromatic carbocycles. The smallest absolute Gasteiger partial charge is 0.0272 e. The Morgan fingerprint density at radius 2 is 1.93 bits per heavy atom. The monoisotopic (exact) mass is 196 g/mol. The van der Waals surface area contributed by atoms with Gasteiger partial charge in [0.05, 0.1) is 0 Å². The largest absolute Gasteiger partial charge is 0.0654 e. The van der Waals surface area contributed by atoms with Crippen molar-refractivity contribution in [3.8, 4) is 0 Å². The summed E-state index contributed by atoms with van der Waals surface area (Å²) in [5, 5.41) is 0. The molecule has 0 saturated heterocycles. The zero-order chi connectivity index (χ0) is 10.4. The highest BCUT2D eigenvalue weighted by atomic mass is 14.4. The molecular formula is C14H28. The lowest BCUT2D eigenvalue weighted by Crippen LogP contribution is -2.33. The van der Waals surface area contributed by atoms with Gasteiger partial charge in [0.15, 0.2) is 0 Å². The first kappa shape index (κ1) is 12.1. The predicted molar refractivity (Wildman–Crippen MR) is 64.5 cm³/mol. The summed E-state index contributed by atoms with van der Waals surface area (Å²) in [6.45, 7) is 7.14. The van der Waals surface area contributed by atoms with Gasteiger partial charge in [0.2, 0.25) is 0 Å². The number of unbranched alkanes of at least 4 members (excludes halogenated alkanes) is 1. The van der Waals surface area contributed by atoms with Crippen molar-refractivity contribution in [3.05, 3.63) is 0 Å². The van der Waals surface area contributed by atoms with Crippen LogP contribution in [0.5, 0.6) is 0 Å². The molecule has 2 atom stereocenters. The van der Waals surface area contributed by atoms with E-state index in [1.807, 2.05) is 0 Å². The fraction of sp³-hybridized carbons (Fsp3) is 1.00. The standard InChI is InChI=1S/C14H28/c1-4-7-11-14(6-3)12-9-8-10-13(14)5-2/h13H,4-12H2,1-3H3. The molecule has 0 heteroatoms. The van der Waals surface area contributed by atoms with Crippen LogP contribution < -0.4 is 0 Å². The van der Waals surface area contributed by atoms with Gasteiger partial charge in [-0.2, -0.15) is 0 Å². The van der Waals surface area contributed by atoms with Crippen molar-refractivity contribution in [3.63, 3.8) is 0 Å². The predicted octanol–water partition coefficient (Wildman–Crippen LogP) is 5.17. The summed E-state index contributed by atoms with van der Waals surface area (Å²) in [7, 11) is 0. The summed E-state index contributed by atoms with van der Waals surface area (Å²) in [5.41, 5.74) is 0.739. The molecule has 0 N–H and O–H groups in total. The Morgan fingerprint density at radius 3 is 2.50 bits per heavy atom. The SMILES string of the molecule is CCCCC1(CC)CCCCC1CC. The first-order valence-corrected chi connectivity index (χ1v) is 6.79. The van der Waals surface area contributed by atoms with Gasteiger partial charge < -0.3 is 0 Å². The average molecular weight is 196 g/mol. The minimum atomic E-state index is 0.739. The summed E-state index contributed by atoms with van der Waals surface area (Å²) in [4.78, 5) is 0. The first-order chi connectivity index (χ1) is 6.79. The average Bonchev–Trinajstić information content (AvgIpc) is 2.26. The summed E-state index contributed by atoms with van der Waals surface area (Å²) < 4.78 is 0. The third-order valence-corrected chi connectivity index (χ3v) is 4.57. The van der Waals surface area contributed by atoms with Gasteiger partial charge in [-0.3, -0.25) is 0 Å². The van der Waals surface area contributed by atoms with Gasteiger partial charge in [-0.05, 0) is 30.6 Å². The molecule has 84 valence electrons. The van der Waals surface area contributed by atoms with Crippen LogP contribution in [0.2, 0.25) is 0 Å². The maximum absolute atomic E-state index is 2.42. The third-order valence-electron chi connectivity index (χ3n) is 4.57. The van der Waals surface area contributed by atoms with Crippen LogP contribution in [0.1, 0.15) is 78.6 Å². The van der Waals surface area contributed by atoms with Gasteiger partial charge in [0.25, 0.3) is 0 Å². The van der Waals surface area contributed by atoms with E-state index in [1.165, 1.54) is 57.8 Å². The van der Waals surface area contributed by atoms with E-state index in [2.05, 4.69) is 20.8 Å². The number of rotatable bonds is 5. The molecule has 0 aliphatic heterocycles. The van der Waals surface area contributed by atoms with Crippen LogP contribution in [0.15, 0.2) is 0 Å². The maximum Gasteiger partial charge on any atom is -0.0272 e. The molecule has 2 unspecified atom stereocenters. The molecule has 0 nitrogen and oxygen atoms in total. The first-order valence-electron chi connectivity index (χ1n) is 6.79. The Hall–Kier alpha value is 0. The van der Waals surface area contributed by atoms with E-state index in [4.69, 9.17) is 0 Å². The Morgan fingerprint density at radius 1 is 1.14 bits per heavy atom. The van der Waals surface area contributed by atoms with E-state index < -0.39 is 0 Å². The van der Waals surface area contributed by atoms with E-state index >= 15 is 0 Å². The van der Waals surface area contributed by atoms with Gasteiger partial charge in [0, 0.05) is 0 Å². The summed E-state index contributed by atoms with van der Waals surface area (Å²) in [5.74, 6) is 1.03. The lowest BCUT2D eigenvalue weighted by Gasteiger charge is -2.44. The van der Waals surface area contributed by atoms with E-state index in [0.29, 0.717) is 0 Å². The summed E-state index contributed by atoms with van der Waals surface area (Å²) in [6, 6.07) is 0. The van der Waals surface area contributed by atoms with E-state index in [9.17, 15) is 0 Å². The van der Waals surface area contributed by atoms with E-state index in [-0.39, 0.29) is 0 Å². The molecule has 0 radical (unpaired) electrons. The Balaban J connectivity index is 2.60. The highest BCUT2D eigenvalue weighted by Gasteiger charge is 2.36. The molecule has 0 bridgehead atoms. The van der Waals surface area contributed by atoms with Crippen molar-refractivity contribution in [2.24, 2.45) is 11.3 Å². The zero-order valence-corrected chi connectivity index (χ0v) is 10.4. The third kappa shape index (κ3) is 2.52. The fourth-order valence-corrected chi connectivity index (χ4v) is 3.52. The molecule has 1 saturated carbocycles. The van der Waals surface area contributed by atoms with Crippen LogP contribution in [-0.4, -0.2) is 0 Å². The van der Waals surface area contributed by atoms with Crippen LogP contribution in [0.3, 0.4) is 0 Å². The topological polar surface area (TPSA) is 0 Å². The Bertz CT molecular complexity index is 150. The molecule has 1 aliphatic rings. The van der Waals surface area contributed by atoms with Crippen LogP contribution in [0.25, 0.3) is 0 Å². The second-order valence-corrected chi connectivity index (χ2v) is 5.17. The molecule has 0 amide bonds. The minimum absolute atomic E-state index is 0.739. The molecule has 0 aromatic heterocycles. The number of hydrogen-bond acceptors (Lipinski definition) is 0. The summed E-state index contributed by atoms with van der Waals surface area (Å²) >= 11 is 0. The quantitative estimate of drug-likeness (QED) is 0.569. The van der Waals surface area contributed by atoms with E-state index in [1.54, 1.807) is 0 Å². The van der Waals surface area contributed by atoms with Crippen LogP contribution in [0.4, 0.5) is 0 Å². The van der Waals surface area contributed by atoms with Gasteiger partial charge in [-0.15, -0.1) is 0 Å². The van der Waals surface area contributed by atoms with Crippen LogP contribution in [-0.2, 0) is 0 Å². The molecule has 1 rings (SSSR count). The van der Waals surface area contributed by atoms with Crippen molar-refractivity contribution in [1.82, 2.24) is 0 Å².